The normalized spacial score (nSPS) is 19.4. The molecule has 4 amide bonds. The number of nitrogens with zero attached hydrogens (tertiary/aromatic N) is 2. The third kappa shape index (κ3) is 3.93. The summed E-state index contributed by atoms with van der Waals surface area (Å²) in [5.41, 5.74) is 3.74. The van der Waals surface area contributed by atoms with Crippen molar-refractivity contribution in [2.45, 2.75) is 23.4 Å². The van der Waals surface area contributed by atoms with Gasteiger partial charge in [-0.2, -0.15) is 0 Å². The number of hydrogen-bond acceptors (Lipinski definition) is 4. The lowest BCUT2D eigenvalue weighted by Crippen LogP contribution is -2.46. The largest absolute Gasteiger partial charge is 0.361 e. The summed E-state index contributed by atoms with van der Waals surface area (Å²) in [5, 5.41) is 3.79. The van der Waals surface area contributed by atoms with E-state index in [2.05, 4.69) is 10.3 Å². The minimum absolute atomic E-state index is 0.193. The monoisotopic (exact) mass is 496 g/mol. The molecule has 36 heavy (non-hydrogen) atoms. The number of benzene rings is 3. The van der Waals surface area contributed by atoms with Crippen molar-refractivity contribution in [2.75, 3.05) is 17.2 Å². The number of carbonyl (C=O) groups is 3. The fourth-order valence-corrected chi connectivity index (χ4v) is 6.18. The first kappa shape index (κ1) is 22.4. The average molecular weight is 497 g/mol. The van der Waals surface area contributed by atoms with Crippen LogP contribution in [0.15, 0.2) is 90.0 Å². The molecular formula is C28H24N4O3S. The number of urea groups is 1. The Morgan fingerprint density at radius 3 is 2.56 bits per heavy atom. The van der Waals surface area contributed by atoms with Crippen LogP contribution >= 0.6 is 11.8 Å². The average Bonchev–Trinajstić information content (AvgIpc) is 3.44. The zero-order chi connectivity index (χ0) is 24.6. The molecule has 0 spiro atoms. The number of thioether (sulfide) groups is 1. The number of fused-ring (bicyclic) bond motifs is 2. The van der Waals surface area contributed by atoms with E-state index in [1.165, 1.54) is 0 Å². The molecule has 2 unspecified atom stereocenters. The summed E-state index contributed by atoms with van der Waals surface area (Å²) in [6, 6.07) is 24.0. The summed E-state index contributed by atoms with van der Waals surface area (Å²) in [6.45, 7) is -0.308. The predicted octanol–water partition coefficient (Wildman–Crippen LogP) is 4.51. The van der Waals surface area contributed by atoms with Gasteiger partial charge in [-0.3, -0.25) is 14.5 Å². The first-order chi connectivity index (χ1) is 17.6. The van der Waals surface area contributed by atoms with Crippen molar-refractivity contribution in [1.29, 1.82) is 0 Å². The maximum atomic E-state index is 13.7. The lowest BCUT2D eigenvalue weighted by atomic mass is 10.0. The fraction of sp³-hybridized carbons (Fsp3) is 0.179. The number of aromatic nitrogens is 1. The summed E-state index contributed by atoms with van der Waals surface area (Å²) in [4.78, 5) is 46.8. The van der Waals surface area contributed by atoms with Crippen molar-refractivity contribution in [3.05, 3.63) is 96.2 Å². The van der Waals surface area contributed by atoms with Crippen LogP contribution in [0, 0.1) is 0 Å². The van der Waals surface area contributed by atoms with Gasteiger partial charge < -0.3 is 15.2 Å². The van der Waals surface area contributed by atoms with E-state index in [1.54, 1.807) is 16.7 Å². The molecule has 1 saturated heterocycles. The Morgan fingerprint density at radius 1 is 0.944 bits per heavy atom. The quantitative estimate of drug-likeness (QED) is 0.398. The number of anilines is 1. The van der Waals surface area contributed by atoms with Gasteiger partial charge in [-0.25, -0.2) is 4.79 Å². The summed E-state index contributed by atoms with van der Waals surface area (Å²) >= 11 is 1.70. The highest BCUT2D eigenvalue weighted by Crippen LogP contribution is 2.43. The molecule has 8 heteroatoms. The molecule has 2 N–H and O–H groups in total. The Morgan fingerprint density at radius 2 is 1.69 bits per heavy atom. The van der Waals surface area contributed by atoms with Crippen LogP contribution < -0.4 is 10.2 Å². The van der Waals surface area contributed by atoms with E-state index in [0.717, 1.165) is 37.5 Å². The molecule has 3 aromatic carbocycles. The number of amides is 4. The molecule has 6 rings (SSSR count). The highest BCUT2D eigenvalue weighted by atomic mass is 32.2. The van der Waals surface area contributed by atoms with Gasteiger partial charge in [0, 0.05) is 34.2 Å². The van der Waals surface area contributed by atoms with E-state index >= 15 is 0 Å². The van der Waals surface area contributed by atoms with E-state index in [-0.39, 0.29) is 24.4 Å². The number of carbonyl (C=O) groups excluding carboxylic acids is 3. The van der Waals surface area contributed by atoms with Gasteiger partial charge in [0.1, 0.15) is 12.6 Å². The van der Waals surface area contributed by atoms with Gasteiger partial charge in [0.15, 0.2) is 0 Å². The number of hydrogen-bond donors (Lipinski definition) is 2. The predicted molar refractivity (Wildman–Crippen MR) is 140 cm³/mol. The molecule has 2 aliphatic heterocycles. The Hall–Kier alpha value is -4.04. The van der Waals surface area contributed by atoms with Crippen molar-refractivity contribution in [3.63, 3.8) is 0 Å². The standard InChI is InChI=1S/C28H24N4O3S/c33-26(32-23-12-6-7-13-25(23)36-17-24(32)18-8-2-1-3-9-18)16-31-27(34)22(30-28(31)35)14-19-15-29-21-11-5-4-10-20(19)21/h1-13,15,22,24,29H,14,16-17H2,(H,30,35). The minimum atomic E-state index is -0.710. The Balaban J connectivity index is 1.25. The van der Waals surface area contributed by atoms with E-state index in [0.29, 0.717) is 12.2 Å². The van der Waals surface area contributed by atoms with E-state index in [9.17, 15) is 14.4 Å². The van der Waals surface area contributed by atoms with Crippen LogP contribution in [-0.4, -0.2) is 46.1 Å². The van der Waals surface area contributed by atoms with Crippen LogP contribution in [0.4, 0.5) is 10.5 Å². The fourth-order valence-electron chi connectivity index (χ4n) is 5.01. The summed E-state index contributed by atoms with van der Waals surface area (Å²) in [7, 11) is 0. The lowest BCUT2D eigenvalue weighted by Gasteiger charge is -2.37. The number of para-hydroxylation sites is 2. The smallest absolute Gasteiger partial charge is 0.325 e. The van der Waals surface area contributed by atoms with Crippen LogP contribution in [0.1, 0.15) is 17.2 Å². The minimum Gasteiger partial charge on any atom is -0.361 e. The summed E-state index contributed by atoms with van der Waals surface area (Å²) < 4.78 is 0. The number of nitrogens with one attached hydrogen (secondary N) is 2. The molecule has 2 atom stereocenters. The van der Waals surface area contributed by atoms with Gasteiger partial charge in [0.2, 0.25) is 5.91 Å². The van der Waals surface area contributed by atoms with Crippen LogP contribution in [0.2, 0.25) is 0 Å². The van der Waals surface area contributed by atoms with E-state index in [4.69, 9.17) is 0 Å². The number of aromatic amines is 1. The second kappa shape index (κ2) is 9.20. The zero-order valence-corrected chi connectivity index (χ0v) is 20.2. The van der Waals surface area contributed by atoms with Crippen LogP contribution in [0.5, 0.6) is 0 Å². The number of rotatable bonds is 5. The SMILES string of the molecule is O=C1NC(Cc2c[nH]c3ccccc23)C(=O)N1CC(=O)N1c2ccccc2SCC1c1ccccc1. The highest BCUT2D eigenvalue weighted by molar-refractivity contribution is 7.99. The summed E-state index contributed by atoms with van der Waals surface area (Å²) in [6.07, 6.45) is 2.22. The number of H-pyrrole nitrogens is 1. The molecule has 2 aliphatic rings. The van der Waals surface area contributed by atoms with Gasteiger partial charge in [0.25, 0.3) is 5.91 Å². The second-order valence-corrected chi connectivity index (χ2v) is 10.0. The molecule has 7 nitrogen and oxygen atoms in total. The van der Waals surface area contributed by atoms with E-state index < -0.39 is 12.1 Å². The third-order valence-corrected chi connectivity index (χ3v) is 7.92. The molecule has 180 valence electrons. The molecule has 0 saturated carbocycles. The molecule has 4 aromatic rings. The molecule has 1 aromatic heterocycles. The maximum Gasteiger partial charge on any atom is 0.325 e. The zero-order valence-electron chi connectivity index (χ0n) is 19.4. The Bertz CT molecular complexity index is 1470. The van der Waals surface area contributed by atoms with Crippen molar-refractivity contribution in [3.8, 4) is 0 Å². The first-order valence-electron chi connectivity index (χ1n) is 11.9. The number of imide groups is 1. The van der Waals surface area contributed by atoms with Crippen molar-refractivity contribution in [2.24, 2.45) is 0 Å². The van der Waals surface area contributed by atoms with Crippen molar-refractivity contribution >= 4 is 46.2 Å². The lowest BCUT2D eigenvalue weighted by molar-refractivity contribution is -0.131. The Kier molecular flexibility index (Phi) is 5.73. The Labute approximate surface area is 212 Å². The molecule has 0 bridgehead atoms. The van der Waals surface area contributed by atoms with Gasteiger partial charge in [-0.05, 0) is 29.3 Å². The second-order valence-electron chi connectivity index (χ2n) is 8.96. The molecular weight excluding hydrogens is 472 g/mol. The van der Waals surface area contributed by atoms with Crippen LogP contribution in [0.25, 0.3) is 10.9 Å². The maximum absolute atomic E-state index is 13.7. The first-order valence-corrected chi connectivity index (χ1v) is 12.8. The van der Waals surface area contributed by atoms with Gasteiger partial charge >= 0.3 is 6.03 Å². The van der Waals surface area contributed by atoms with Gasteiger partial charge in [0.05, 0.1) is 11.7 Å². The van der Waals surface area contributed by atoms with Gasteiger partial charge in [-0.1, -0.05) is 60.7 Å². The molecule has 3 heterocycles. The summed E-state index contributed by atoms with van der Waals surface area (Å²) in [5.74, 6) is 0.0261. The van der Waals surface area contributed by atoms with Crippen LogP contribution in [-0.2, 0) is 16.0 Å². The van der Waals surface area contributed by atoms with Crippen molar-refractivity contribution < 1.29 is 14.4 Å². The van der Waals surface area contributed by atoms with Crippen molar-refractivity contribution in [1.82, 2.24) is 15.2 Å². The molecule has 0 aliphatic carbocycles. The van der Waals surface area contributed by atoms with E-state index in [1.807, 2.05) is 85.1 Å². The highest BCUT2D eigenvalue weighted by Gasteiger charge is 2.41. The molecule has 1 fully saturated rings. The van der Waals surface area contributed by atoms with Gasteiger partial charge in [-0.15, -0.1) is 11.8 Å². The molecule has 0 radical (unpaired) electrons. The van der Waals surface area contributed by atoms with Crippen LogP contribution in [0.3, 0.4) is 0 Å². The topological polar surface area (TPSA) is 85.5 Å². The third-order valence-electron chi connectivity index (χ3n) is 6.79.